The first-order chi connectivity index (χ1) is 6.09. The van der Waals surface area contributed by atoms with Crippen LogP contribution in [0.4, 0.5) is 6.01 Å². The molecule has 1 unspecified atom stereocenters. The number of amides is 1. The molecule has 1 amide bonds. The molecule has 0 aliphatic carbocycles. The van der Waals surface area contributed by atoms with Gasteiger partial charge in [0, 0.05) is 0 Å². The maximum Gasteiger partial charge on any atom is 0.315 e. The van der Waals surface area contributed by atoms with Crippen LogP contribution in [0.2, 0.25) is 0 Å². The Kier molecular flexibility index (Phi) is 2.80. The molecule has 0 aliphatic heterocycles. The molecular formula is C6H11N5O2. The molecule has 0 bridgehead atoms. The first kappa shape index (κ1) is 9.46. The predicted octanol–water partition coefficient (Wildman–Crippen LogP) is -1.01. The van der Waals surface area contributed by atoms with Crippen molar-refractivity contribution >= 4 is 11.9 Å². The highest BCUT2D eigenvalue weighted by molar-refractivity contribution is 5.78. The van der Waals surface area contributed by atoms with Crippen LogP contribution >= 0.6 is 0 Å². The lowest BCUT2D eigenvalue weighted by Gasteiger charge is -1.96. The Balaban J connectivity index is 2.54. The molecule has 5 N–H and O–H groups in total. The van der Waals surface area contributed by atoms with E-state index in [4.69, 9.17) is 15.9 Å². The van der Waals surface area contributed by atoms with Gasteiger partial charge in [0.05, 0.1) is 12.6 Å². The quantitative estimate of drug-likeness (QED) is 0.552. The lowest BCUT2D eigenvalue weighted by atomic mass is 10.4. The van der Waals surface area contributed by atoms with E-state index in [0.29, 0.717) is 5.89 Å². The highest BCUT2D eigenvalue weighted by atomic mass is 16.4. The number of hydrogen-bond donors (Lipinski definition) is 3. The van der Waals surface area contributed by atoms with E-state index >= 15 is 0 Å². The van der Waals surface area contributed by atoms with Crippen molar-refractivity contribution in [1.82, 2.24) is 10.2 Å². The Hall–Kier alpha value is -1.63. The molecule has 1 rings (SSSR count). The number of nitrogens with zero attached hydrogens (tertiary/aromatic N) is 2. The molecule has 0 spiro atoms. The Labute approximate surface area is 74.5 Å². The van der Waals surface area contributed by atoms with E-state index in [-0.39, 0.29) is 18.6 Å². The Morgan fingerprint density at radius 2 is 2.38 bits per heavy atom. The largest absolute Gasteiger partial charge is 0.406 e. The van der Waals surface area contributed by atoms with Gasteiger partial charge in [-0.05, 0) is 6.92 Å². The molecule has 1 atom stereocenters. The van der Waals surface area contributed by atoms with E-state index in [1.165, 1.54) is 0 Å². The average Bonchev–Trinajstić information content (AvgIpc) is 2.48. The number of nitrogens with one attached hydrogen (secondary N) is 1. The smallest absolute Gasteiger partial charge is 0.315 e. The number of primary amides is 1. The molecule has 0 aliphatic rings. The summed E-state index contributed by atoms with van der Waals surface area (Å²) in [6.07, 6.45) is 0. The van der Waals surface area contributed by atoms with Crippen molar-refractivity contribution in [3.8, 4) is 0 Å². The predicted molar refractivity (Wildman–Crippen MR) is 44.6 cm³/mol. The van der Waals surface area contributed by atoms with Gasteiger partial charge in [0.25, 0.3) is 0 Å². The van der Waals surface area contributed by atoms with Gasteiger partial charge >= 0.3 is 6.01 Å². The number of anilines is 1. The molecule has 72 valence electrons. The van der Waals surface area contributed by atoms with Gasteiger partial charge < -0.3 is 21.2 Å². The average molecular weight is 185 g/mol. The summed E-state index contributed by atoms with van der Waals surface area (Å²) in [7, 11) is 0. The zero-order valence-corrected chi connectivity index (χ0v) is 7.15. The van der Waals surface area contributed by atoms with Gasteiger partial charge in [-0.25, -0.2) is 0 Å². The number of carbonyl (C=O) groups is 1. The fraction of sp³-hybridized carbons (Fsp3) is 0.500. The standard InChI is InChI=1S/C6H11N5O2/c1-3(7)5-10-11-6(13-5)9-2-4(8)12/h3H,2,7H2,1H3,(H2,8,12)(H,9,11). The highest BCUT2D eigenvalue weighted by Crippen LogP contribution is 2.10. The molecule has 0 fully saturated rings. The SMILES string of the molecule is CC(N)c1nnc(NCC(N)=O)o1. The Bertz CT molecular complexity index is 295. The molecule has 1 heterocycles. The molecule has 0 saturated carbocycles. The van der Waals surface area contributed by atoms with Crippen molar-refractivity contribution in [3.63, 3.8) is 0 Å². The number of nitrogens with two attached hydrogens (primary N) is 2. The van der Waals surface area contributed by atoms with E-state index in [2.05, 4.69) is 15.5 Å². The summed E-state index contributed by atoms with van der Waals surface area (Å²) in [5, 5.41) is 9.78. The first-order valence-corrected chi connectivity index (χ1v) is 3.70. The van der Waals surface area contributed by atoms with Crippen molar-refractivity contribution in [2.24, 2.45) is 11.5 Å². The van der Waals surface area contributed by atoms with Crippen LogP contribution in [-0.4, -0.2) is 22.6 Å². The molecular weight excluding hydrogens is 174 g/mol. The third kappa shape index (κ3) is 2.71. The molecule has 0 saturated heterocycles. The summed E-state index contributed by atoms with van der Waals surface area (Å²) in [4.78, 5) is 10.4. The Morgan fingerprint density at radius 1 is 1.69 bits per heavy atom. The molecule has 1 aromatic rings. The molecule has 0 radical (unpaired) electrons. The van der Waals surface area contributed by atoms with Gasteiger partial charge in [0.15, 0.2) is 0 Å². The third-order valence-corrected chi connectivity index (χ3v) is 1.24. The van der Waals surface area contributed by atoms with Crippen molar-refractivity contribution < 1.29 is 9.21 Å². The minimum atomic E-state index is -0.499. The van der Waals surface area contributed by atoms with Crippen LogP contribution in [0.15, 0.2) is 4.42 Å². The topological polar surface area (TPSA) is 120 Å². The van der Waals surface area contributed by atoms with E-state index in [1.54, 1.807) is 6.92 Å². The van der Waals surface area contributed by atoms with Gasteiger partial charge in [0.1, 0.15) is 0 Å². The van der Waals surface area contributed by atoms with Crippen molar-refractivity contribution in [2.45, 2.75) is 13.0 Å². The molecule has 7 nitrogen and oxygen atoms in total. The van der Waals surface area contributed by atoms with E-state index in [1.807, 2.05) is 0 Å². The maximum absolute atomic E-state index is 10.4. The minimum absolute atomic E-state index is 0.0411. The maximum atomic E-state index is 10.4. The van der Waals surface area contributed by atoms with Gasteiger partial charge in [-0.2, -0.15) is 0 Å². The van der Waals surface area contributed by atoms with Crippen LogP contribution in [0, 0.1) is 0 Å². The van der Waals surface area contributed by atoms with Gasteiger partial charge in [-0.15, -0.1) is 5.10 Å². The Morgan fingerprint density at radius 3 is 2.85 bits per heavy atom. The summed E-state index contributed by atoms with van der Waals surface area (Å²) in [6, 6.07) is -0.178. The number of aromatic nitrogens is 2. The van der Waals surface area contributed by atoms with Crippen molar-refractivity contribution in [1.29, 1.82) is 0 Å². The normalized spacial score (nSPS) is 12.5. The van der Waals surface area contributed by atoms with Gasteiger partial charge in [-0.1, -0.05) is 5.10 Å². The minimum Gasteiger partial charge on any atom is -0.406 e. The van der Waals surface area contributed by atoms with Gasteiger partial charge in [0.2, 0.25) is 11.8 Å². The molecule has 7 heteroatoms. The monoisotopic (exact) mass is 185 g/mol. The van der Waals surface area contributed by atoms with Crippen LogP contribution in [-0.2, 0) is 4.79 Å². The van der Waals surface area contributed by atoms with Crippen LogP contribution in [0.1, 0.15) is 18.9 Å². The number of rotatable bonds is 4. The molecule has 1 aromatic heterocycles. The van der Waals surface area contributed by atoms with Crippen LogP contribution in [0.25, 0.3) is 0 Å². The van der Waals surface area contributed by atoms with Gasteiger partial charge in [-0.3, -0.25) is 4.79 Å². The number of carbonyl (C=O) groups excluding carboxylic acids is 1. The molecule has 0 aromatic carbocycles. The first-order valence-electron chi connectivity index (χ1n) is 3.70. The van der Waals surface area contributed by atoms with Crippen molar-refractivity contribution in [3.05, 3.63) is 5.89 Å². The fourth-order valence-corrected chi connectivity index (χ4v) is 0.653. The summed E-state index contributed by atoms with van der Waals surface area (Å²) < 4.78 is 5.03. The summed E-state index contributed by atoms with van der Waals surface area (Å²) >= 11 is 0. The lowest BCUT2D eigenvalue weighted by molar-refractivity contribution is -0.116. The molecule has 13 heavy (non-hydrogen) atoms. The zero-order chi connectivity index (χ0) is 9.84. The van der Waals surface area contributed by atoms with Crippen LogP contribution in [0.3, 0.4) is 0 Å². The van der Waals surface area contributed by atoms with E-state index < -0.39 is 5.91 Å². The second-order valence-electron chi connectivity index (χ2n) is 2.55. The fourth-order valence-electron chi connectivity index (χ4n) is 0.653. The van der Waals surface area contributed by atoms with E-state index in [0.717, 1.165) is 0 Å². The number of hydrogen-bond acceptors (Lipinski definition) is 6. The van der Waals surface area contributed by atoms with Crippen LogP contribution in [0.5, 0.6) is 0 Å². The van der Waals surface area contributed by atoms with E-state index in [9.17, 15) is 4.79 Å². The second-order valence-corrected chi connectivity index (χ2v) is 2.55. The van der Waals surface area contributed by atoms with Crippen molar-refractivity contribution in [2.75, 3.05) is 11.9 Å². The highest BCUT2D eigenvalue weighted by Gasteiger charge is 2.09. The second kappa shape index (κ2) is 3.85. The van der Waals surface area contributed by atoms with Crippen LogP contribution < -0.4 is 16.8 Å². The lowest BCUT2D eigenvalue weighted by Crippen LogP contribution is -2.21. The summed E-state index contributed by atoms with van der Waals surface area (Å²) in [5.74, 6) is -0.187. The zero-order valence-electron chi connectivity index (χ0n) is 7.15. The summed E-state index contributed by atoms with van der Waals surface area (Å²) in [5.41, 5.74) is 10.4. The third-order valence-electron chi connectivity index (χ3n) is 1.24. The summed E-state index contributed by atoms with van der Waals surface area (Å²) in [6.45, 7) is 1.67.